The number of benzene rings is 4. The summed E-state index contributed by atoms with van der Waals surface area (Å²) in [6.45, 7) is 0.391. The van der Waals surface area contributed by atoms with Gasteiger partial charge in [0.25, 0.3) is 5.91 Å². The van der Waals surface area contributed by atoms with Crippen molar-refractivity contribution in [1.82, 2.24) is 0 Å². The molecule has 0 aromatic heterocycles. The first kappa shape index (κ1) is 26.3. The minimum Gasteiger partial charge on any atom is -0.493 e. The number of ether oxygens (including phenoxy) is 2. The van der Waals surface area contributed by atoms with Crippen molar-refractivity contribution in [2.75, 3.05) is 12.0 Å². The lowest BCUT2D eigenvalue weighted by Crippen LogP contribution is -2.28. The molecule has 1 amide bonds. The third-order valence-electron chi connectivity index (χ3n) is 5.65. The number of thioether (sulfide) groups is 1. The van der Waals surface area contributed by atoms with Gasteiger partial charge in [0.1, 0.15) is 6.61 Å². The number of aliphatic imine (C=N–C) groups is 1. The number of amides is 1. The summed E-state index contributed by atoms with van der Waals surface area (Å²) in [5.41, 5.74) is 3.38. The molecule has 5 nitrogen and oxygen atoms in total. The van der Waals surface area contributed by atoms with Crippen molar-refractivity contribution in [2.45, 2.75) is 6.61 Å². The van der Waals surface area contributed by atoms with Gasteiger partial charge in [0, 0.05) is 4.47 Å². The molecule has 0 aliphatic carbocycles. The van der Waals surface area contributed by atoms with Crippen LogP contribution >= 0.6 is 43.6 Å². The summed E-state index contributed by atoms with van der Waals surface area (Å²) in [4.78, 5) is 20.6. The van der Waals surface area contributed by atoms with Gasteiger partial charge in [0.15, 0.2) is 16.7 Å². The Morgan fingerprint density at radius 1 is 0.921 bits per heavy atom. The Labute approximate surface area is 242 Å². The van der Waals surface area contributed by atoms with Gasteiger partial charge in [-0.05, 0) is 93.4 Å². The minimum atomic E-state index is -0.137. The summed E-state index contributed by atoms with van der Waals surface area (Å²) in [6.07, 6.45) is 1.85. The van der Waals surface area contributed by atoms with Crippen molar-refractivity contribution >= 4 is 72.1 Å². The average molecular weight is 650 g/mol. The maximum Gasteiger partial charge on any atom is 0.271 e. The Hall–Kier alpha value is -3.33. The van der Waals surface area contributed by atoms with E-state index in [0.717, 1.165) is 31.4 Å². The molecule has 0 saturated carbocycles. The van der Waals surface area contributed by atoms with Crippen LogP contribution in [0.15, 0.2) is 116 Å². The fraction of sp³-hybridized carbons (Fsp3) is 0.0667. The molecule has 0 N–H and O–H groups in total. The molecule has 5 rings (SSSR count). The predicted octanol–water partition coefficient (Wildman–Crippen LogP) is 8.61. The lowest BCUT2D eigenvalue weighted by Gasteiger charge is -2.15. The summed E-state index contributed by atoms with van der Waals surface area (Å²) in [7, 11) is 1.60. The van der Waals surface area contributed by atoms with Crippen molar-refractivity contribution in [3.05, 3.63) is 122 Å². The molecule has 1 aliphatic heterocycles. The van der Waals surface area contributed by atoms with E-state index in [0.29, 0.717) is 28.2 Å². The molecule has 0 radical (unpaired) electrons. The second-order valence-electron chi connectivity index (χ2n) is 8.27. The van der Waals surface area contributed by atoms with Gasteiger partial charge in [-0.2, -0.15) is 0 Å². The smallest absolute Gasteiger partial charge is 0.271 e. The first-order valence-electron chi connectivity index (χ1n) is 11.7. The molecule has 190 valence electrons. The Bertz CT molecular complexity index is 1510. The molecule has 1 heterocycles. The van der Waals surface area contributed by atoms with E-state index in [9.17, 15) is 4.79 Å². The highest BCUT2D eigenvalue weighted by molar-refractivity contribution is 9.10. The lowest BCUT2D eigenvalue weighted by molar-refractivity contribution is -0.113. The van der Waals surface area contributed by atoms with Crippen LogP contribution in [0.1, 0.15) is 11.1 Å². The monoisotopic (exact) mass is 648 g/mol. The van der Waals surface area contributed by atoms with E-state index in [1.54, 1.807) is 12.0 Å². The number of methoxy groups -OCH3 is 1. The van der Waals surface area contributed by atoms with Crippen LogP contribution in [-0.2, 0) is 11.4 Å². The van der Waals surface area contributed by atoms with E-state index in [-0.39, 0.29) is 5.91 Å². The number of carbonyl (C=O) groups excluding carboxylic acids is 1. The molecule has 1 saturated heterocycles. The van der Waals surface area contributed by atoms with Crippen LogP contribution in [0.4, 0.5) is 11.4 Å². The third-order valence-corrected chi connectivity index (χ3v) is 7.73. The maximum atomic E-state index is 13.6. The highest BCUT2D eigenvalue weighted by Gasteiger charge is 2.34. The van der Waals surface area contributed by atoms with Gasteiger partial charge < -0.3 is 9.47 Å². The molecule has 1 aliphatic rings. The van der Waals surface area contributed by atoms with Crippen LogP contribution < -0.4 is 14.4 Å². The van der Waals surface area contributed by atoms with Gasteiger partial charge in [-0.1, -0.05) is 64.5 Å². The normalized spacial score (nSPS) is 15.3. The van der Waals surface area contributed by atoms with E-state index in [1.807, 2.05) is 103 Å². The summed E-state index contributed by atoms with van der Waals surface area (Å²) in [5.74, 6) is 1.03. The van der Waals surface area contributed by atoms with Gasteiger partial charge >= 0.3 is 0 Å². The molecular weight excluding hydrogens is 628 g/mol. The SMILES string of the molecule is COc1cc(/C=C2\SC(=Nc3ccccc3)N(c3ccccc3)C2=O)cc(Br)c1OCc1ccc(Br)cc1. The van der Waals surface area contributed by atoms with E-state index in [2.05, 4.69) is 31.9 Å². The zero-order chi connectivity index (χ0) is 26.5. The van der Waals surface area contributed by atoms with Crippen LogP contribution in [0, 0.1) is 0 Å². The number of amidine groups is 1. The van der Waals surface area contributed by atoms with E-state index in [1.165, 1.54) is 11.8 Å². The largest absolute Gasteiger partial charge is 0.493 e. The van der Waals surface area contributed by atoms with Gasteiger partial charge in [0.05, 0.1) is 27.9 Å². The molecule has 38 heavy (non-hydrogen) atoms. The van der Waals surface area contributed by atoms with Crippen molar-refractivity contribution in [3.63, 3.8) is 0 Å². The Balaban J connectivity index is 1.45. The van der Waals surface area contributed by atoms with Crippen LogP contribution in [0.25, 0.3) is 6.08 Å². The van der Waals surface area contributed by atoms with E-state index in [4.69, 9.17) is 14.5 Å². The molecule has 4 aromatic carbocycles. The lowest BCUT2D eigenvalue weighted by atomic mass is 10.1. The quantitative estimate of drug-likeness (QED) is 0.188. The number of hydrogen-bond acceptors (Lipinski definition) is 5. The fourth-order valence-corrected chi connectivity index (χ4v) is 5.66. The number of para-hydroxylation sites is 2. The molecule has 1 fully saturated rings. The van der Waals surface area contributed by atoms with Crippen molar-refractivity contribution < 1.29 is 14.3 Å². The molecule has 8 heteroatoms. The second kappa shape index (κ2) is 12.0. The summed E-state index contributed by atoms with van der Waals surface area (Å²) >= 11 is 8.42. The van der Waals surface area contributed by atoms with E-state index >= 15 is 0 Å². The Kier molecular flexibility index (Phi) is 8.32. The maximum absolute atomic E-state index is 13.6. The number of anilines is 1. The predicted molar refractivity (Wildman–Crippen MR) is 162 cm³/mol. The van der Waals surface area contributed by atoms with Gasteiger partial charge in [-0.3, -0.25) is 9.69 Å². The molecule has 0 unspecified atom stereocenters. The van der Waals surface area contributed by atoms with Gasteiger partial charge in [-0.25, -0.2) is 4.99 Å². The Morgan fingerprint density at radius 3 is 2.29 bits per heavy atom. The molecule has 0 bridgehead atoms. The van der Waals surface area contributed by atoms with Crippen molar-refractivity contribution in [2.24, 2.45) is 4.99 Å². The van der Waals surface area contributed by atoms with Crippen LogP contribution in [0.5, 0.6) is 11.5 Å². The number of hydrogen-bond donors (Lipinski definition) is 0. The fourth-order valence-electron chi connectivity index (χ4n) is 3.82. The summed E-state index contributed by atoms with van der Waals surface area (Å²) < 4.78 is 13.5. The van der Waals surface area contributed by atoms with Crippen molar-refractivity contribution in [1.29, 1.82) is 0 Å². The highest BCUT2D eigenvalue weighted by atomic mass is 79.9. The van der Waals surface area contributed by atoms with Gasteiger partial charge in [-0.15, -0.1) is 0 Å². The zero-order valence-corrected chi connectivity index (χ0v) is 24.3. The number of rotatable bonds is 7. The first-order chi connectivity index (χ1) is 18.5. The minimum absolute atomic E-state index is 0.137. The third kappa shape index (κ3) is 6.04. The van der Waals surface area contributed by atoms with Crippen molar-refractivity contribution in [3.8, 4) is 11.5 Å². The number of nitrogens with zero attached hydrogens (tertiary/aromatic N) is 2. The summed E-state index contributed by atoms with van der Waals surface area (Å²) in [5, 5.41) is 0.596. The first-order valence-corrected chi connectivity index (χ1v) is 14.1. The van der Waals surface area contributed by atoms with Crippen LogP contribution in [0.2, 0.25) is 0 Å². The number of halogens is 2. The molecule has 4 aromatic rings. The standard InChI is InChI=1S/C30H22Br2N2O3S/c1-36-26-17-21(16-25(32)28(26)37-19-20-12-14-22(31)15-13-20)18-27-29(35)34(24-10-6-3-7-11-24)30(38-27)33-23-8-4-2-5-9-23/h2-18H,19H2,1H3/b27-18-,33-30?. The summed E-state index contributed by atoms with van der Waals surface area (Å²) in [6, 6.07) is 30.9. The topological polar surface area (TPSA) is 51.1 Å². The van der Waals surface area contributed by atoms with Crippen LogP contribution in [-0.4, -0.2) is 18.2 Å². The molecule has 0 atom stereocenters. The van der Waals surface area contributed by atoms with Gasteiger partial charge in [0.2, 0.25) is 0 Å². The zero-order valence-electron chi connectivity index (χ0n) is 20.3. The van der Waals surface area contributed by atoms with E-state index < -0.39 is 0 Å². The van der Waals surface area contributed by atoms with Crippen LogP contribution in [0.3, 0.4) is 0 Å². The Morgan fingerprint density at radius 2 is 1.61 bits per heavy atom. The molecule has 0 spiro atoms. The highest BCUT2D eigenvalue weighted by Crippen LogP contribution is 2.41. The number of carbonyl (C=O) groups is 1. The molecular formula is C30H22Br2N2O3S. The second-order valence-corrected chi connectivity index (χ2v) is 11.0. The average Bonchev–Trinajstić information content (AvgIpc) is 3.23.